The predicted octanol–water partition coefficient (Wildman–Crippen LogP) is 0.505. The third-order valence-electron chi connectivity index (χ3n) is 3.19. The molecule has 1 saturated carbocycles. The Morgan fingerprint density at radius 2 is 2.31 bits per heavy atom. The van der Waals surface area contributed by atoms with E-state index in [0.29, 0.717) is 12.1 Å². The smallest absolute Gasteiger partial charge is 0.0713 e. The van der Waals surface area contributed by atoms with Crippen LogP contribution in [0.3, 0.4) is 0 Å². The fourth-order valence-corrected chi connectivity index (χ4v) is 1.92. The Hall–Kier alpha value is -0.120. The minimum absolute atomic E-state index is 0.362. The molecule has 0 bridgehead atoms. The number of ether oxygens (including phenoxy) is 1. The van der Waals surface area contributed by atoms with Crippen molar-refractivity contribution in [3.05, 3.63) is 0 Å². The highest BCUT2D eigenvalue weighted by molar-refractivity contribution is 4.84. The van der Waals surface area contributed by atoms with Gasteiger partial charge in [-0.1, -0.05) is 6.42 Å². The molecule has 2 rings (SSSR count). The van der Waals surface area contributed by atoms with Crippen LogP contribution in [0.1, 0.15) is 26.2 Å². The largest absolute Gasteiger partial charge is 0.376 e. The molecule has 2 unspecified atom stereocenters. The molecule has 76 valence electrons. The Balaban J connectivity index is 1.66. The third-order valence-corrected chi connectivity index (χ3v) is 3.19. The summed E-state index contributed by atoms with van der Waals surface area (Å²) in [6, 6.07) is 1.30. The van der Waals surface area contributed by atoms with Crippen molar-refractivity contribution in [3.63, 3.8) is 0 Å². The van der Waals surface area contributed by atoms with Crippen LogP contribution < -0.4 is 10.6 Å². The average Bonchev–Trinajstić information content (AvgIpc) is 2.05. The van der Waals surface area contributed by atoms with Crippen LogP contribution in [0.15, 0.2) is 0 Å². The molecule has 0 spiro atoms. The molecule has 3 nitrogen and oxygen atoms in total. The van der Waals surface area contributed by atoms with Gasteiger partial charge in [-0.2, -0.15) is 0 Å². The second-order valence-corrected chi connectivity index (χ2v) is 4.17. The van der Waals surface area contributed by atoms with Gasteiger partial charge in [-0.15, -0.1) is 0 Å². The molecule has 13 heavy (non-hydrogen) atoms. The van der Waals surface area contributed by atoms with Gasteiger partial charge >= 0.3 is 0 Å². The Morgan fingerprint density at radius 1 is 1.46 bits per heavy atom. The zero-order chi connectivity index (χ0) is 9.10. The quantitative estimate of drug-likeness (QED) is 0.670. The Labute approximate surface area is 80.2 Å². The van der Waals surface area contributed by atoms with Crippen LogP contribution in [0.25, 0.3) is 0 Å². The number of rotatable bonds is 3. The average molecular weight is 184 g/mol. The van der Waals surface area contributed by atoms with Gasteiger partial charge in [-0.3, -0.25) is 0 Å². The van der Waals surface area contributed by atoms with E-state index in [1.165, 1.54) is 19.3 Å². The highest BCUT2D eigenvalue weighted by Gasteiger charge is 2.23. The molecule has 2 fully saturated rings. The summed E-state index contributed by atoms with van der Waals surface area (Å²) in [5.74, 6) is 0. The lowest BCUT2D eigenvalue weighted by molar-refractivity contribution is 0.00719. The summed E-state index contributed by atoms with van der Waals surface area (Å²) in [5, 5.41) is 7.06. The summed E-state index contributed by atoms with van der Waals surface area (Å²) >= 11 is 0. The van der Waals surface area contributed by atoms with Crippen molar-refractivity contribution < 1.29 is 4.74 Å². The maximum Gasteiger partial charge on any atom is 0.0713 e. The summed E-state index contributed by atoms with van der Waals surface area (Å²) < 4.78 is 5.57. The van der Waals surface area contributed by atoms with Gasteiger partial charge in [-0.25, -0.2) is 0 Å². The monoisotopic (exact) mass is 184 g/mol. The highest BCUT2D eigenvalue weighted by atomic mass is 16.5. The van der Waals surface area contributed by atoms with E-state index in [9.17, 15) is 0 Å². The molecule has 0 amide bonds. The summed E-state index contributed by atoms with van der Waals surface area (Å²) in [4.78, 5) is 0. The Kier molecular flexibility index (Phi) is 3.19. The fraction of sp³-hybridized carbons (Fsp3) is 1.00. The van der Waals surface area contributed by atoms with Crippen molar-refractivity contribution in [2.45, 2.75) is 44.4 Å². The van der Waals surface area contributed by atoms with Gasteiger partial charge < -0.3 is 15.4 Å². The molecule has 1 saturated heterocycles. The molecule has 0 aromatic heterocycles. The van der Waals surface area contributed by atoms with Crippen LogP contribution in [0.2, 0.25) is 0 Å². The number of hydrogen-bond acceptors (Lipinski definition) is 3. The van der Waals surface area contributed by atoms with Gasteiger partial charge in [0.25, 0.3) is 0 Å². The van der Waals surface area contributed by atoms with Gasteiger partial charge in [0.1, 0.15) is 0 Å². The molecule has 1 heterocycles. The molecule has 0 aromatic carbocycles. The first-order valence-electron chi connectivity index (χ1n) is 5.44. The molecule has 2 aliphatic rings. The van der Waals surface area contributed by atoms with E-state index in [4.69, 9.17) is 4.74 Å². The van der Waals surface area contributed by atoms with Gasteiger partial charge in [0.2, 0.25) is 0 Å². The zero-order valence-electron chi connectivity index (χ0n) is 8.38. The van der Waals surface area contributed by atoms with E-state index >= 15 is 0 Å². The van der Waals surface area contributed by atoms with Crippen LogP contribution >= 0.6 is 0 Å². The number of hydrogen-bond donors (Lipinski definition) is 2. The molecule has 1 aliphatic carbocycles. The molecular weight excluding hydrogens is 164 g/mol. The van der Waals surface area contributed by atoms with Crippen molar-refractivity contribution >= 4 is 0 Å². The number of nitrogens with one attached hydrogen (secondary N) is 2. The van der Waals surface area contributed by atoms with Crippen molar-refractivity contribution in [3.8, 4) is 0 Å². The van der Waals surface area contributed by atoms with Gasteiger partial charge in [0.05, 0.1) is 12.7 Å². The standard InChI is InChI=1S/C10H20N2O/c1-8-10(11-5-6-13-8)7-12-9-3-2-4-9/h8-12H,2-7H2,1H3. The van der Waals surface area contributed by atoms with E-state index in [2.05, 4.69) is 17.6 Å². The van der Waals surface area contributed by atoms with Crippen LogP contribution in [0, 0.1) is 0 Å². The summed E-state index contributed by atoms with van der Waals surface area (Å²) in [6.45, 7) is 5.08. The van der Waals surface area contributed by atoms with Crippen LogP contribution in [0.5, 0.6) is 0 Å². The highest BCUT2D eigenvalue weighted by Crippen LogP contribution is 2.18. The van der Waals surface area contributed by atoms with E-state index in [1.54, 1.807) is 0 Å². The summed E-state index contributed by atoms with van der Waals surface area (Å²) in [6.07, 6.45) is 4.49. The van der Waals surface area contributed by atoms with Gasteiger partial charge in [0, 0.05) is 25.2 Å². The Morgan fingerprint density at radius 3 is 2.92 bits per heavy atom. The van der Waals surface area contributed by atoms with Gasteiger partial charge in [0.15, 0.2) is 0 Å². The molecule has 0 aromatic rings. The normalized spacial score (nSPS) is 35.8. The molecule has 2 N–H and O–H groups in total. The van der Waals surface area contributed by atoms with E-state index in [0.717, 1.165) is 25.7 Å². The van der Waals surface area contributed by atoms with E-state index in [-0.39, 0.29) is 0 Å². The first-order chi connectivity index (χ1) is 6.36. The van der Waals surface area contributed by atoms with Crippen molar-refractivity contribution in [2.24, 2.45) is 0 Å². The molecule has 3 heteroatoms. The number of morpholine rings is 1. The van der Waals surface area contributed by atoms with Crippen LogP contribution in [-0.4, -0.2) is 37.9 Å². The van der Waals surface area contributed by atoms with Crippen molar-refractivity contribution in [1.82, 2.24) is 10.6 Å². The lowest BCUT2D eigenvalue weighted by atomic mass is 9.93. The van der Waals surface area contributed by atoms with E-state index in [1.807, 2.05) is 0 Å². The minimum Gasteiger partial charge on any atom is -0.376 e. The second kappa shape index (κ2) is 4.40. The predicted molar refractivity (Wildman–Crippen MR) is 52.8 cm³/mol. The SMILES string of the molecule is CC1OCCNC1CNC1CCC1. The lowest BCUT2D eigenvalue weighted by Crippen LogP contribution is -2.54. The second-order valence-electron chi connectivity index (χ2n) is 4.17. The third kappa shape index (κ3) is 2.42. The van der Waals surface area contributed by atoms with Crippen LogP contribution in [-0.2, 0) is 4.74 Å². The van der Waals surface area contributed by atoms with Crippen LogP contribution in [0.4, 0.5) is 0 Å². The fourth-order valence-electron chi connectivity index (χ4n) is 1.92. The first kappa shape index (κ1) is 9.44. The maximum atomic E-state index is 5.57. The molecule has 2 atom stereocenters. The van der Waals surface area contributed by atoms with Crippen molar-refractivity contribution in [2.75, 3.05) is 19.7 Å². The molecule has 1 aliphatic heterocycles. The van der Waals surface area contributed by atoms with Gasteiger partial charge in [-0.05, 0) is 19.8 Å². The first-order valence-corrected chi connectivity index (χ1v) is 5.44. The lowest BCUT2D eigenvalue weighted by Gasteiger charge is -2.34. The van der Waals surface area contributed by atoms with E-state index < -0.39 is 0 Å². The molecular formula is C10H20N2O. The summed E-state index contributed by atoms with van der Waals surface area (Å²) in [5.41, 5.74) is 0. The minimum atomic E-state index is 0.362. The maximum absolute atomic E-state index is 5.57. The zero-order valence-corrected chi connectivity index (χ0v) is 8.38. The summed E-state index contributed by atoms with van der Waals surface area (Å²) in [7, 11) is 0. The molecule has 0 radical (unpaired) electrons. The van der Waals surface area contributed by atoms with Crippen molar-refractivity contribution in [1.29, 1.82) is 0 Å². The topological polar surface area (TPSA) is 33.3 Å². The Bertz CT molecular complexity index is 159.